The van der Waals surface area contributed by atoms with Crippen molar-refractivity contribution < 1.29 is 27.6 Å². The van der Waals surface area contributed by atoms with Crippen molar-refractivity contribution in [3.8, 4) is 0 Å². The average molecular weight is 560 g/mol. The number of halogens is 3. The van der Waals surface area contributed by atoms with Crippen molar-refractivity contribution in [2.75, 3.05) is 11.9 Å². The van der Waals surface area contributed by atoms with Crippen molar-refractivity contribution in [2.24, 2.45) is 17.8 Å². The molecule has 216 valence electrons. The summed E-state index contributed by atoms with van der Waals surface area (Å²) in [6, 6.07) is 6.08. The molecular formula is C29H36F3N5O3. The van der Waals surface area contributed by atoms with E-state index in [1.54, 1.807) is 42.1 Å². The Morgan fingerprint density at radius 2 is 1.77 bits per heavy atom. The predicted octanol–water partition coefficient (Wildman–Crippen LogP) is 4.52. The minimum absolute atomic E-state index is 0.0154. The molecule has 0 unspecified atom stereocenters. The number of anilines is 1. The zero-order chi connectivity index (χ0) is 28.8. The molecule has 1 aromatic heterocycles. The standard InChI is InChI=1S/C29H36F3N5O3/c1-16(2)37-22(11-13-34-37)25(38)36-24(23(17-4-5-17)18-6-7-18)26(39)35-20-8-9-21-19(14-20)10-12-28(21,3)27(40)33-15-29(30,31)32/h8-9,11,13-14,16-18,23-24H,4-7,10,12,15H2,1-3H3,(H,33,40)(H,35,39)(H,36,38)/t24-,28-/m0/s1. The van der Waals surface area contributed by atoms with Crippen molar-refractivity contribution in [1.82, 2.24) is 20.4 Å². The average Bonchev–Trinajstić information content (AvgIpc) is 3.82. The number of carbonyl (C=O) groups excluding carboxylic acids is 3. The smallest absolute Gasteiger partial charge is 0.346 e. The fourth-order valence-corrected chi connectivity index (χ4v) is 6.12. The first-order valence-corrected chi connectivity index (χ1v) is 14.0. The quantitative estimate of drug-likeness (QED) is 0.398. The zero-order valence-electron chi connectivity index (χ0n) is 23.0. The van der Waals surface area contributed by atoms with Crippen LogP contribution in [0.25, 0.3) is 0 Å². The minimum atomic E-state index is -4.49. The van der Waals surface area contributed by atoms with Crippen LogP contribution in [0.3, 0.4) is 0 Å². The number of amides is 3. The topological polar surface area (TPSA) is 105 Å². The SMILES string of the molecule is CC(C)n1nccc1C(=O)N[C@H](C(=O)Nc1ccc2c(c1)CC[C@]2(C)C(=O)NCC(F)(F)F)C(C1CC1)C1CC1. The van der Waals surface area contributed by atoms with Crippen molar-refractivity contribution in [3.05, 3.63) is 47.3 Å². The van der Waals surface area contributed by atoms with Crippen molar-refractivity contribution >= 4 is 23.4 Å². The van der Waals surface area contributed by atoms with Gasteiger partial charge in [0, 0.05) is 17.9 Å². The minimum Gasteiger partial charge on any atom is -0.346 e. The molecule has 3 aliphatic rings. The molecule has 3 amide bonds. The Hall–Kier alpha value is -3.37. The van der Waals surface area contributed by atoms with Gasteiger partial charge in [0.05, 0.1) is 5.41 Å². The van der Waals surface area contributed by atoms with E-state index >= 15 is 0 Å². The predicted molar refractivity (Wildman–Crippen MR) is 143 cm³/mol. The number of carbonyl (C=O) groups is 3. The fraction of sp³-hybridized carbons (Fsp3) is 0.586. The van der Waals surface area contributed by atoms with Crippen LogP contribution < -0.4 is 16.0 Å². The Balaban J connectivity index is 1.34. The number of aryl methyl sites for hydroxylation is 1. The summed E-state index contributed by atoms with van der Waals surface area (Å²) in [7, 11) is 0. The molecule has 2 saturated carbocycles. The molecule has 2 aromatic rings. The van der Waals surface area contributed by atoms with Gasteiger partial charge in [-0.05, 0) is 106 Å². The third-order valence-corrected chi connectivity index (χ3v) is 8.49. The van der Waals surface area contributed by atoms with Crippen LogP contribution in [-0.4, -0.2) is 46.3 Å². The van der Waals surface area contributed by atoms with Crippen LogP contribution in [0.5, 0.6) is 0 Å². The molecular weight excluding hydrogens is 523 g/mol. The molecule has 0 spiro atoms. The van der Waals surface area contributed by atoms with Gasteiger partial charge in [-0.1, -0.05) is 6.07 Å². The maximum Gasteiger partial charge on any atom is 0.405 e. The summed E-state index contributed by atoms with van der Waals surface area (Å²) in [5.41, 5.74) is 1.32. The highest BCUT2D eigenvalue weighted by Crippen LogP contribution is 2.51. The van der Waals surface area contributed by atoms with Crippen LogP contribution >= 0.6 is 0 Å². The first-order chi connectivity index (χ1) is 18.9. The summed E-state index contributed by atoms with van der Waals surface area (Å²) in [6.07, 6.45) is 2.12. The lowest BCUT2D eigenvalue weighted by atomic mass is 9.83. The molecule has 0 radical (unpaired) electrons. The molecule has 3 aliphatic carbocycles. The summed E-state index contributed by atoms with van der Waals surface area (Å²) in [4.78, 5) is 39.8. The fourth-order valence-electron chi connectivity index (χ4n) is 6.12. The molecule has 11 heteroatoms. The Bertz CT molecular complexity index is 1290. The van der Waals surface area contributed by atoms with E-state index in [1.807, 2.05) is 19.2 Å². The van der Waals surface area contributed by atoms with Crippen LogP contribution in [0, 0.1) is 17.8 Å². The third-order valence-electron chi connectivity index (χ3n) is 8.49. The van der Waals surface area contributed by atoms with E-state index in [2.05, 4.69) is 15.7 Å². The zero-order valence-corrected chi connectivity index (χ0v) is 23.0. The maximum absolute atomic E-state index is 13.7. The third kappa shape index (κ3) is 5.88. The van der Waals surface area contributed by atoms with Crippen molar-refractivity contribution in [3.63, 3.8) is 0 Å². The maximum atomic E-state index is 13.7. The second-order valence-corrected chi connectivity index (χ2v) is 11.9. The van der Waals surface area contributed by atoms with Gasteiger partial charge in [0.2, 0.25) is 11.8 Å². The molecule has 5 rings (SSSR count). The number of fused-ring (bicyclic) bond motifs is 1. The highest BCUT2D eigenvalue weighted by molar-refractivity contribution is 6.01. The van der Waals surface area contributed by atoms with Gasteiger partial charge in [-0.25, -0.2) is 0 Å². The van der Waals surface area contributed by atoms with Gasteiger partial charge in [0.15, 0.2) is 0 Å². The molecule has 1 heterocycles. The van der Waals surface area contributed by atoms with Crippen LogP contribution in [0.2, 0.25) is 0 Å². The van der Waals surface area contributed by atoms with Gasteiger partial charge in [0.1, 0.15) is 18.3 Å². The number of hydrogen-bond donors (Lipinski definition) is 3. The Kier molecular flexibility index (Phi) is 7.43. The number of nitrogens with zero attached hydrogens (tertiary/aromatic N) is 2. The molecule has 0 aliphatic heterocycles. The Labute approximate surface area is 231 Å². The summed E-state index contributed by atoms with van der Waals surface area (Å²) < 4.78 is 39.6. The van der Waals surface area contributed by atoms with Gasteiger partial charge in [-0.2, -0.15) is 18.3 Å². The molecule has 8 nitrogen and oxygen atoms in total. The molecule has 0 bridgehead atoms. The number of nitrogens with one attached hydrogen (secondary N) is 3. The van der Waals surface area contributed by atoms with Crippen LogP contribution in [0.15, 0.2) is 30.5 Å². The normalized spacial score (nSPS) is 21.3. The van der Waals surface area contributed by atoms with E-state index in [-0.39, 0.29) is 23.8 Å². The largest absolute Gasteiger partial charge is 0.405 e. The highest BCUT2D eigenvalue weighted by atomic mass is 19.4. The lowest BCUT2D eigenvalue weighted by Gasteiger charge is -2.28. The van der Waals surface area contributed by atoms with E-state index in [9.17, 15) is 27.6 Å². The Morgan fingerprint density at radius 3 is 2.38 bits per heavy atom. The van der Waals surface area contributed by atoms with E-state index in [0.717, 1.165) is 31.2 Å². The summed E-state index contributed by atoms with van der Waals surface area (Å²) in [6.45, 7) is 4.14. The van der Waals surface area contributed by atoms with E-state index in [4.69, 9.17) is 0 Å². The summed E-state index contributed by atoms with van der Waals surface area (Å²) in [5, 5.41) is 12.3. The van der Waals surface area contributed by atoms with E-state index in [0.29, 0.717) is 41.6 Å². The van der Waals surface area contributed by atoms with Crippen LogP contribution in [0.1, 0.15) is 80.5 Å². The lowest BCUT2D eigenvalue weighted by molar-refractivity contribution is -0.141. The van der Waals surface area contributed by atoms with Crippen molar-refractivity contribution in [2.45, 2.75) is 83.0 Å². The van der Waals surface area contributed by atoms with Crippen LogP contribution in [-0.2, 0) is 21.4 Å². The van der Waals surface area contributed by atoms with Gasteiger partial charge < -0.3 is 16.0 Å². The number of rotatable bonds is 10. The first-order valence-electron chi connectivity index (χ1n) is 14.0. The lowest BCUT2D eigenvalue weighted by Crippen LogP contribution is -2.50. The number of aromatic nitrogens is 2. The highest BCUT2D eigenvalue weighted by Gasteiger charge is 2.49. The van der Waals surface area contributed by atoms with Crippen LogP contribution in [0.4, 0.5) is 18.9 Å². The number of hydrogen-bond acceptors (Lipinski definition) is 4. The second-order valence-electron chi connectivity index (χ2n) is 11.9. The Morgan fingerprint density at radius 1 is 1.10 bits per heavy atom. The van der Waals surface area contributed by atoms with Gasteiger partial charge >= 0.3 is 6.18 Å². The summed E-state index contributed by atoms with van der Waals surface area (Å²) in [5.74, 6) is -0.456. The van der Waals surface area contributed by atoms with E-state index < -0.39 is 30.1 Å². The molecule has 1 aromatic carbocycles. The molecule has 40 heavy (non-hydrogen) atoms. The monoisotopic (exact) mass is 559 g/mol. The molecule has 3 N–H and O–H groups in total. The van der Waals surface area contributed by atoms with Gasteiger partial charge in [-0.3, -0.25) is 19.1 Å². The summed E-state index contributed by atoms with van der Waals surface area (Å²) >= 11 is 0. The first kappa shape index (κ1) is 28.2. The van der Waals surface area contributed by atoms with Gasteiger partial charge in [0.25, 0.3) is 5.91 Å². The number of benzene rings is 1. The molecule has 0 saturated heterocycles. The van der Waals surface area contributed by atoms with Crippen molar-refractivity contribution in [1.29, 1.82) is 0 Å². The molecule has 2 atom stereocenters. The second kappa shape index (κ2) is 10.6. The molecule has 2 fully saturated rings. The van der Waals surface area contributed by atoms with E-state index in [1.165, 1.54) is 0 Å². The van der Waals surface area contributed by atoms with Gasteiger partial charge in [-0.15, -0.1) is 0 Å². The number of alkyl halides is 3.